The van der Waals surface area contributed by atoms with Crippen LogP contribution >= 0.6 is 0 Å². The number of ether oxygens (including phenoxy) is 1. The van der Waals surface area contributed by atoms with E-state index < -0.39 is 22.3 Å². The van der Waals surface area contributed by atoms with Crippen LogP contribution in [0.2, 0.25) is 0 Å². The topological polar surface area (TPSA) is 125 Å². The minimum Gasteiger partial charge on any atom is -0.500 e. The third kappa shape index (κ3) is 4.11. The summed E-state index contributed by atoms with van der Waals surface area (Å²) in [4.78, 5) is 22.4. The zero-order valence-corrected chi connectivity index (χ0v) is 13.1. The van der Waals surface area contributed by atoms with Crippen molar-refractivity contribution in [3.8, 4) is 17.6 Å². The Labute approximate surface area is 142 Å². The van der Waals surface area contributed by atoms with E-state index in [2.05, 4.69) is 5.32 Å². The molecule has 0 aliphatic carbocycles. The van der Waals surface area contributed by atoms with Crippen LogP contribution in [0.4, 0.5) is 11.4 Å². The highest BCUT2D eigenvalue weighted by molar-refractivity contribution is 6.09. The zero-order chi connectivity index (χ0) is 18.4. The smallest absolute Gasteiger partial charge is 0.315 e. The molecule has 0 saturated carbocycles. The molecule has 0 aliphatic rings. The molecule has 1 amide bonds. The van der Waals surface area contributed by atoms with Gasteiger partial charge in [-0.15, -0.1) is 0 Å². The summed E-state index contributed by atoms with van der Waals surface area (Å²) in [5.74, 6) is -1.43. The van der Waals surface area contributed by atoms with Gasteiger partial charge in [-0.1, -0.05) is 18.2 Å². The Hall–Kier alpha value is -3.86. The minimum absolute atomic E-state index is 0.138. The quantitative estimate of drug-likeness (QED) is 0.373. The number of nitriles is 1. The summed E-state index contributed by atoms with van der Waals surface area (Å²) in [7, 11) is 1.24. The third-order valence-electron chi connectivity index (χ3n) is 3.20. The van der Waals surface area contributed by atoms with Crippen LogP contribution in [0.3, 0.4) is 0 Å². The number of hydrogen-bond acceptors (Lipinski definition) is 6. The Morgan fingerprint density at radius 1 is 1.36 bits per heavy atom. The van der Waals surface area contributed by atoms with Gasteiger partial charge < -0.3 is 15.2 Å². The molecule has 0 aliphatic heterocycles. The average molecular weight is 339 g/mol. The van der Waals surface area contributed by atoms with Gasteiger partial charge in [0.05, 0.1) is 12.0 Å². The number of nitrogens with zero attached hydrogens (tertiary/aromatic N) is 2. The molecular weight excluding hydrogens is 326 g/mol. The van der Waals surface area contributed by atoms with Gasteiger partial charge in [-0.2, -0.15) is 5.26 Å². The molecule has 0 heterocycles. The molecule has 8 heteroatoms. The van der Waals surface area contributed by atoms with Gasteiger partial charge in [0.15, 0.2) is 5.75 Å². The highest BCUT2D eigenvalue weighted by Gasteiger charge is 2.20. The Morgan fingerprint density at radius 2 is 2.04 bits per heavy atom. The number of para-hydroxylation sites is 1. The number of nitro benzene ring substituents is 1. The molecule has 0 unspecified atom stereocenters. The SMILES string of the molecule is COc1cc(/C=C(/C#N)C(=O)Nc2ccccc2)cc([N+](=O)[O-])c1O. The van der Waals surface area contributed by atoms with Crippen molar-refractivity contribution < 1.29 is 19.6 Å². The number of phenols is 1. The molecule has 0 atom stereocenters. The van der Waals surface area contributed by atoms with Crippen LogP contribution < -0.4 is 10.1 Å². The van der Waals surface area contributed by atoms with E-state index in [0.717, 1.165) is 6.07 Å². The van der Waals surface area contributed by atoms with Crippen molar-refractivity contribution in [2.75, 3.05) is 12.4 Å². The van der Waals surface area contributed by atoms with Crippen molar-refractivity contribution in [1.29, 1.82) is 5.26 Å². The molecular formula is C17H13N3O5. The van der Waals surface area contributed by atoms with E-state index in [4.69, 9.17) is 4.74 Å². The summed E-state index contributed by atoms with van der Waals surface area (Å²) in [6.07, 6.45) is 1.17. The van der Waals surface area contributed by atoms with Crippen LogP contribution in [0.15, 0.2) is 48.0 Å². The van der Waals surface area contributed by atoms with E-state index in [1.54, 1.807) is 36.4 Å². The number of carbonyl (C=O) groups excluding carboxylic acids is 1. The molecule has 0 saturated heterocycles. The number of nitrogens with one attached hydrogen (secondary N) is 1. The monoisotopic (exact) mass is 339 g/mol. The van der Waals surface area contributed by atoms with E-state index in [9.17, 15) is 25.3 Å². The van der Waals surface area contributed by atoms with Gasteiger partial charge >= 0.3 is 5.69 Å². The van der Waals surface area contributed by atoms with Crippen molar-refractivity contribution in [3.05, 3.63) is 63.7 Å². The number of benzene rings is 2. The largest absolute Gasteiger partial charge is 0.500 e. The Bertz CT molecular complexity index is 885. The van der Waals surface area contributed by atoms with Crippen LogP contribution in [0, 0.1) is 21.4 Å². The molecule has 2 N–H and O–H groups in total. The number of rotatable bonds is 5. The Morgan fingerprint density at radius 3 is 2.60 bits per heavy atom. The second-order valence-corrected chi connectivity index (χ2v) is 4.84. The number of hydrogen-bond donors (Lipinski definition) is 2. The molecule has 0 spiro atoms. The number of anilines is 1. The van der Waals surface area contributed by atoms with Gasteiger partial charge in [-0.25, -0.2) is 0 Å². The van der Waals surface area contributed by atoms with Crippen molar-refractivity contribution in [3.63, 3.8) is 0 Å². The lowest BCUT2D eigenvalue weighted by molar-refractivity contribution is -0.386. The first-order valence-corrected chi connectivity index (χ1v) is 7.00. The van der Waals surface area contributed by atoms with E-state index >= 15 is 0 Å². The lowest BCUT2D eigenvalue weighted by Gasteiger charge is -2.06. The van der Waals surface area contributed by atoms with Crippen LogP contribution in [-0.2, 0) is 4.79 Å². The number of aromatic hydroxyl groups is 1. The fraction of sp³-hybridized carbons (Fsp3) is 0.0588. The van der Waals surface area contributed by atoms with Crippen LogP contribution in [0.5, 0.6) is 11.5 Å². The summed E-state index contributed by atoms with van der Waals surface area (Å²) in [5.41, 5.74) is -0.179. The maximum Gasteiger partial charge on any atom is 0.315 e. The van der Waals surface area contributed by atoms with Crippen molar-refractivity contribution in [1.82, 2.24) is 0 Å². The molecule has 0 bridgehead atoms. The first-order chi connectivity index (χ1) is 12.0. The van der Waals surface area contributed by atoms with Gasteiger partial charge in [-0.3, -0.25) is 14.9 Å². The third-order valence-corrected chi connectivity index (χ3v) is 3.20. The standard InChI is InChI=1S/C17H13N3O5/c1-25-15-9-11(8-14(16(15)21)20(23)24)7-12(10-18)17(22)19-13-5-3-2-4-6-13/h2-9,21H,1H3,(H,19,22)/b12-7-. The summed E-state index contributed by atoms with van der Waals surface area (Å²) in [5, 5.41) is 32.5. The lowest BCUT2D eigenvalue weighted by atomic mass is 10.1. The molecule has 2 aromatic carbocycles. The second-order valence-electron chi connectivity index (χ2n) is 4.84. The molecule has 25 heavy (non-hydrogen) atoms. The van der Waals surface area contributed by atoms with Crippen LogP contribution in [0.1, 0.15) is 5.56 Å². The number of phenolic OH excluding ortho intramolecular Hbond substituents is 1. The maximum atomic E-state index is 12.2. The van der Waals surface area contributed by atoms with Crippen LogP contribution in [0.25, 0.3) is 6.08 Å². The second kappa shape index (κ2) is 7.61. The van der Waals surface area contributed by atoms with E-state index in [1.807, 2.05) is 0 Å². The van der Waals surface area contributed by atoms with Gasteiger partial charge in [0.1, 0.15) is 11.6 Å². The summed E-state index contributed by atoms with van der Waals surface area (Å²) in [6.45, 7) is 0. The molecule has 8 nitrogen and oxygen atoms in total. The fourth-order valence-corrected chi connectivity index (χ4v) is 2.03. The predicted molar refractivity (Wildman–Crippen MR) is 90.0 cm³/mol. The Kier molecular flexibility index (Phi) is 5.32. The molecule has 2 rings (SSSR count). The number of carbonyl (C=O) groups is 1. The summed E-state index contributed by atoms with van der Waals surface area (Å²) in [6, 6.07) is 12.6. The highest BCUT2D eigenvalue weighted by atomic mass is 16.6. The lowest BCUT2D eigenvalue weighted by Crippen LogP contribution is -2.13. The van der Waals surface area contributed by atoms with E-state index in [1.165, 1.54) is 19.3 Å². The van der Waals surface area contributed by atoms with Gasteiger partial charge in [-0.05, 0) is 29.8 Å². The first kappa shape index (κ1) is 17.5. The van der Waals surface area contributed by atoms with Crippen molar-refractivity contribution in [2.45, 2.75) is 0 Å². The molecule has 2 aromatic rings. The molecule has 0 radical (unpaired) electrons. The Balaban J connectivity index is 2.39. The van der Waals surface area contributed by atoms with Gasteiger partial charge in [0.25, 0.3) is 5.91 Å². The van der Waals surface area contributed by atoms with E-state index in [-0.39, 0.29) is 16.9 Å². The van der Waals surface area contributed by atoms with Gasteiger partial charge in [0.2, 0.25) is 5.75 Å². The predicted octanol–water partition coefficient (Wildman–Crippen LogP) is 2.85. The average Bonchev–Trinajstić information content (AvgIpc) is 2.61. The summed E-state index contributed by atoms with van der Waals surface area (Å²) < 4.78 is 4.88. The fourth-order valence-electron chi connectivity index (χ4n) is 2.03. The van der Waals surface area contributed by atoms with Gasteiger partial charge in [0, 0.05) is 11.8 Å². The normalized spacial score (nSPS) is 10.6. The van der Waals surface area contributed by atoms with E-state index in [0.29, 0.717) is 5.69 Å². The highest BCUT2D eigenvalue weighted by Crippen LogP contribution is 2.37. The maximum absolute atomic E-state index is 12.2. The molecule has 126 valence electrons. The zero-order valence-electron chi connectivity index (χ0n) is 13.1. The summed E-state index contributed by atoms with van der Waals surface area (Å²) >= 11 is 0. The number of nitro groups is 1. The number of methoxy groups -OCH3 is 1. The minimum atomic E-state index is -0.786. The first-order valence-electron chi connectivity index (χ1n) is 7.00. The van der Waals surface area contributed by atoms with Crippen molar-refractivity contribution in [2.24, 2.45) is 0 Å². The molecule has 0 fully saturated rings. The molecule has 0 aromatic heterocycles. The number of amides is 1. The van der Waals surface area contributed by atoms with Crippen LogP contribution in [-0.4, -0.2) is 23.0 Å². The van der Waals surface area contributed by atoms with Crippen molar-refractivity contribution >= 4 is 23.4 Å².